The Kier molecular flexibility index (Phi) is 2.78. The van der Waals surface area contributed by atoms with Crippen molar-refractivity contribution in [3.63, 3.8) is 0 Å². The fourth-order valence-corrected chi connectivity index (χ4v) is 1.72. The molecule has 3 rings (SSSR count). The van der Waals surface area contributed by atoms with E-state index >= 15 is 0 Å². The Morgan fingerprint density at radius 1 is 1.40 bits per heavy atom. The smallest absolute Gasteiger partial charge is 0.298 e. The van der Waals surface area contributed by atoms with Crippen molar-refractivity contribution in [3.05, 3.63) is 40.0 Å². The Balaban J connectivity index is 1.86. The van der Waals surface area contributed by atoms with Crippen molar-refractivity contribution in [1.29, 1.82) is 0 Å². The summed E-state index contributed by atoms with van der Waals surface area (Å²) in [7, 11) is 0. The van der Waals surface area contributed by atoms with Crippen LogP contribution in [0.1, 0.15) is 11.7 Å². The van der Waals surface area contributed by atoms with Gasteiger partial charge in [0.2, 0.25) is 5.89 Å². The molecule has 1 N–H and O–H groups in total. The van der Waals surface area contributed by atoms with Gasteiger partial charge in [0.05, 0.1) is 11.5 Å². The van der Waals surface area contributed by atoms with Crippen molar-refractivity contribution in [1.82, 2.24) is 15.1 Å². The van der Waals surface area contributed by atoms with Gasteiger partial charge < -0.3 is 14.3 Å². The number of rotatable bonds is 4. The van der Waals surface area contributed by atoms with E-state index < -0.39 is 4.92 Å². The lowest BCUT2D eigenvalue weighted by Crippen LogP contribution is -1.99. The first-order valence-electron chi connectivity index (χ1n) is 5.70. The molecule has 0 amide bonds. The summed E-state index contributed by atoms with van der Waals surface area (Å²) in [5, 5.41) is 17.4. The fourth-order valence-electron chi connectivity index (χ4n) is 1.72. The minimum atomic E-state index is -0.504. The largest absolute Gasteiger partial charge is 0.423 e. The highest BCUT2D eigenvalue weighted by Crippen LogP contribution is 2.27. The summed E-state index contributed by atoms with van der Waals surface area (Å²) in [6, 6.07) is 4.68. The van der Waals surface area contributed by atoms with E-state index in [9.17, 15) is 10.1 Å². The number of aryl methyl sites for hydroxylation is 1. The standard InChI is InChI=1S/C11H9N5O4/c1-6-13-9(20-15-6)5-12-11-14-10-7(16(17)18)3-2-4-8(10)19-11/h2-4H,5H2,1H3,(H,12,14). The number of non-ortho nitro benzene ring substituents is 1. The number of fused-ring (bicyclic) bond motifs is 1. The minimum Gasteiger partial charge on any atom is -0.423 e. The average molecular weight is 275 g/mol. The number of anilines is 1. The zero-order valence-corrected chi connectivity index (χ0v) is 10.4. The van der Waals surface area contributed by atoms with Gasteiger partial charge in [-0.2, -0.15) is 9.97 Å². The summed E-state index contributed by atoms with van der Waals surface area (Å²) < 4.78 is 10.3. The van der Waals surface area contributed by atoms with Crippen LogP contribution in [-0.2, 0) is 6.54 Å². The molecule has 9 nitrogen and oxygen atoms in total. The van der Waals surface area contributed by atoms with Gasteiger partial charge in [-0.15, -0.1) is 0 Å². The molecule has 102 valence electrons. The van der Waals surface area contributed by atoms with Crippen molar-refractivity contribution in [3.8, 4) is 0 Å². The van der Waals surface area contributed by atoms with Gasteiger partial charge in [-0.1, -0.05) is 11.2 Å². The lowest BCUT2D eigenvalue weighted by atomic mass is 10.3. The Hall–Kier alpha value is -2.97. The fraction of sp³-hybridized carbons (Fsp3) is 0.182. The van der Waals surface area contributed by atoms with Crippen LogP contribution in [0.15, 0.2) is 27.1 Å². The molecule has 1 aromatic carbocycles. The van der Waals surface area contributed by atoms with Crippen molar-refractivity contribution in [2.75, 3.05) is 5.32 Å². The summed E-state index contributed by atoms with van der Waals surface area (Å²) in [4.78, 5) is 18.4. The van der Waals surface area contributed by atoms with Crippen LogP contribution in [0.5, 0.6) is 0 Å². The highest BCUT2D eigenvalue weighted by Gasteiger charge is 2.17. The Bertz CT molecular complexity index is 778. The van der Waals surface area contributed by atoms with Gasteiger partial charge in [-0.3, -0.25) is 10.1 Å². The number of hydrogen-bond acceptors (Lipinski definition) is 8. The van der Waals surface area contributed by atoms with Crippen molar-refractivity contribution in [2.45, 2.75) is 13.5 Å². The second-order valence-electron chi connectivity index (χ2n) is 3.99. The third-order valence-electron chi connectivity index (χ3n) is 2.55. The van der Waals surface area contributed by atoms with Gasteiger partial charge in [0.15, 0.2) is 16.9 Å². The molecular formula is C11H9N5O4. The number of benzene rings is 1. The van der Waals surface area contributed by atoms with Crippen LogP contribution in [0.2, 0.25) is 0 Å². The van der Waals surface area contributed by atoms with Crippen molar-refractivity contribution >= 4 is 22.8 Å². The summed E-state index contributed by atoms with van der Waals surface area (Å²) in [5.41, 5.74) is 0.429. The molecule has 0 aliphatic carbocycles. The molecule has 20 heavy (non-hydrogen) atoms. The lowest BCUT2D eigenvalue weighted by Gasteiger charge is -1.94. The first kappa shape index (κ1) is 12.1. The summed E-state index contributed by atoms with van der Waals surface area (Å²) in [6.07, 6.45) is 0. The molecule has 0 bridgehead atoms. The topological polar surface area (TPSA) is 120 Å². The first-order chi connectivity index (χ1) is 9.63. The number of nitro benzene ring substituents is 1. The molecule has 0 aliphatic rings. The SMILES string of the molecule is Cc1noc(CNc2nc3c([N+](=O)[O-])cccc3o2)n1. The Labute approximate surface area is 111 Å². The monoisotopic (exact) mass is 275 g/mol. The molecule has 3 aromatic rings. The van der Waals surface area contributed by atoms with Crippen LogP contribution in [-0.4, -0.2) is 20.0 Å². The van der Waals surface area contributed by atoms with Gasteiger partial charge >= 0.3 is 0 Å². The van der Waals surface area contributed by atoms with Crippen LogP contribution in [0.4, 0.5) is 11.7 Å². The number of aromatic nitrogens is 3. The molecule has 2 heterocycles. The third kappa shape index (κ3) is 2.16. The average Bonchev–Trinajstić information content (AvgIpc) is 3.01. The van der Waals surface area contributed by atoms with E-state index in [0.29, 0.717) is 17.3 Å². The van der Waals surface area contributed by atoms with Crippen molar-refractivity contribution in [2.24, 2.45) is 0 Å². The van der Waals surface area contributed by atoms with E-state index in [2.05, 4.69) is 20.4 Å². The van der Waals surface area contributed by atoms with E-state index in [0.717, 1.165) is 0 Å². The lowest BCUT2D eigenvalue weighted by molar-refractivity contribution is -0.383. The molecule has 0 radical (unpaired) electrons. The highest BCUT2D eigenvalue weighted by molar-refractivity contribution is 5.83. The van der Waals surface area contributed by atoms with Crippen LogP contribution in [0.3, 0.4) is 0 Å². The Morgan fingerprint density at radius 2 is 2.25 bits per heavy atom. The molecule has 2 aromatic heterocycles. The van der Waals surface area contributed by atoms with Gasteiger partial charge in [-0.25, -0.2) is 0 Å². The van der Waals surface area contributed by atoms with E-state index in [-0.39, 0.29) is 23.8 Å². The summed E-state index contributed by atoms with van der Waals surface area (Å²) in [5.74, 6) is 0.897. The van der Waals surface area contributed by atoms with Crippen LogP contribution in [0.25, 0.3) is 11.1 Å². The predicted molar refractivity (Wildman–Crippen MR) is 67.0 cm³/mol. The minimum absolute atomic E-state index is 0.104. The second kappa shape index (κ2) is 4.61. The van der Waals surface area contributed by atoms with Crippen LogP contribution >= 0.6 is 0 Å². The third-order valence-corrected chi connectivity index (χ3v) is 2.55. The summed E-state index contributed by atoms with van der Waals surface area (Å²) in [6.45, 7) is 1.93. The molecular weight excluding hydrogens is 266 g/mol. The maximum absolute atomic E-state index is 10.9. The number of nitro groups is 1. The molecule has 0 saturated carbocycles. The number of hydrogen-bond donors (Lipinski definition) is 1. The summed E-state index contributed by atoms with van der Waals surface area (Å²) >= 11 is 0. The van der Waals surface area contributed by atoms with Crippen LogP contribution < -0.4 is 5.32 Å². The van der Waals surface area contributed by atoms with Crippen molar-refractivity contribution < 1.29 is 13.9 Å². The Morgan fingerprint density at radius 3 is 2.95 bits per heavy atom. The maximum atomic E-state index is 10.9. The van der Waals surface area contributed by atoms with E-state index in [1.165, 1.54) is 12.1 Å². The van der Waals surface area contributed by atoms with Gasteiger partial charge in [0, 0.05) is 6.07 Å². The molecule has 0 unspecified atom stereocenters. The molecule has 0 spiro atoms. The molecule has 0 atom stereocenters. The quantitative estimate of drug-likeness (QED) is 0.567. The van der Waals surface area contributed by atoms with Gasteiger partial charge in [0.1, 0.15) is 0 Å². The maximum Gasteiger partial charge on any atom is 0.298 e. The van der Waals surface area contributed by atoms with Gasteiger partial charge in [-0.05, 0) is 13.0 Å². The van der Waals surface area contributed by atoms with Gasteiger partial charge in [0.25, 0.3) is 11.7 Å². The van der Waals surface area contributed by atoms with Crippen LogP contribution in [0, 0.1) is 17.0 Å². The number of oxazole rings is 1. The van der Waals surface area contributed by atoms with E-state index in [1.807, 2.05) is 0 Å². The molecule has 0 saturated heterocycles. The molecule has 0 fully saturated rings. The molecule has 0 aliphatic heterocycles. The number of nitrogens with one attached hydrogen (secondary N) is 1. The van der Waals surface area contributed by atoms with E-state index in [4.69, 9.17) is 8.94 Å². The second-order valence-corrected chi connectivity index (χ2v) is 3.99. The first-order valence-corrected chi connectivity index (χ1v) is 5.70. The zero-order chi connectivity index (χ0) is 14.1. The number of nitrogens with zero attached hydrogens (tertiary/aromatic N) is 4. The molecule has 9 heteroatoms. The van der Waals surface area contributed by atoms with E-state index in [1.54, 1.807) is 13.0 Å². The zero-order valence-electron chi connectivity index (χ0n) is 10.4. The highest BCUT2D eigenvalue weighted by atomic mass is 16.6. The normalized spacial score (nSPS) is 10.8. The number of para-hydroxylation sites is 1. The predicted octanol–water partition coefficient (Wildman–Crippen LogP) is 2.04.